The Bertz CT molecular complexity index is 1110. The van der Waals surface area contributed by atoms with Crippen LogP contribution in [-0.2, 0) is 13.0 Å². The summed E-state index contributed by atoms with van der Waals surface area (Å²) in [7, 11) is 1.61. The fourth-order valence-electron chi connectivity index (χ4n) is 3.65. The molecule has 0 saturated carbocycles. The van der Waals surface area contributed by atoms with Gasteiger partial charge in [-0.15, -0.1) is 0 Å². The number of ether oxygens (including phenoxy) is 1. The molecule has 4 rings (SSSR count). The Labute approximate surface area is 183 Å². The van der Waals surface area contributed by atoms with Crippen LogP contribution in [-0.4, -0.2) is 17.2 Å². The number of hydrogen-bond donors (Lipinski definition) is 2. The average Bonchev–Trinajstić information content (AvgIpc) is 2.84. The molecule has 1 atom stereocenters. The lowest BCUT2D eigenvalue weighted by molar-refractivity contribution is 0.398. The molecular weight excluding hydrogens is 384 g/mol. The van der Waals surface area contributed by atoms with Crippen molar-refractivity contribution >= 4 is 0 Å². The molecule has 0 aliphatic carbocycles. The highest BCUT2D eigenvalue weighted by Gasteiger charge is 2.14. The topological polar surface area (TPSA) is 54.4 Å². The molecule has 4 heteroatoms. The fourth-order valence-corrected chi connectivity index (χ4v) is 3.65. The van der Waals surface area contributed by atoms with Gasteiger partial charge in [-0.1, -0.05) is 66.7 Å². The molecule has 0 aliphatic rings. The summed E-state index contributed by atoms with van der Waals surface area (Å²) in [5.74, 6) is 0.836. The second kappa shape index (κ2) is 9.92. The highest BCUT2D eigenvalue weighted by molar-refractivity contribution is 5.62. The Morgan fingerprint density at radius 3 is 2.35 bits per heavy atom. The van der Waals surface area contributed by atoms with Gasteiger partial charge in [0, 0.05) is 29.8 Å². The van der Waals surface area contributed by atoms with E-state index in [1.165, 1.54) is 11.1 Å². The summed E-state index contributed by atoms with van der Waals surface area (Å²) in [6.07, 6.45) is 0.864. The van der Waals surface area contributed by atoms with Crippen LogP contribution in [0.3, 0.4) is 0 Å². The van der Waals surface area contributed by atoms with Crippen molar-refractivity contribution in [1.82, 2.24) is 10.3 Å². The first-order valence-corrected chi connectivity index (χ1v) is 10.4. The maximum Gasteiger partial charge on any atom is 0.213 e. The van der Waals surface area contributed by atoms with E-state index in [0.717, 1.165) is 23.2 Å². The summed E-state index contributed by atoms with van der Waals surface area (Å²) >= 11 is 0. The lowest BCUT2D eigenvalue weighted by atomic mass is 9.98. The van der Waals surface area contributed by atoms with Crippen molar-refractivity contribution in [2.75, 3.05) is 7.11 Å². The normalized spacial score (nSPS) is 11.8. The smallest absolute Gasteiger partial charge is 0.213 e. The molecule has 0 bridgehead atoms. The molecule has 0 fully saturated rings. The largest absolute Gasteiger partial charge is 0.508 e. The summed E-state index contributed by atoms with van der Waals surface area (Å²) in [5.41, 5.74) is 5.06. The molecule has 0 unspecified atom stereocenters. The van der Waals surface area contributed by atoms with Gasteiger partial charge >= 0.3 is 0 Å². The second-order valence-corrected chi connectivity index (χ2v) is 7.44. The van der Waals surface area contributed by atoms with Crippen LogP contribution in [0.15, 0.2) is 97.1 Å². The fraction of sp³-hybridized carbons (Fsp3) is 0.148. The van der Waals surface area contributed by atoms with Crippen molar-refractivity contribution in [3.63, 3.8) is 0 Å². The number of aromatic nitrogens is 1. The molecule has 2 N–H and O–H groups in total. The van der Waals surface area contributed by atoms with E-state index in [-0.39, 0.29) is 11.8 Å². The van der Waals surface area contributed by atoms with E-state index in [2.05, 4.69) is 58.8 Å². The minimum Gasteiger partial charge on any atom is -0.508 e. The summed E-state index contributed by atoms with van der Waals surface area (Å²) in [6, 6.07) is 32.2. The number of phenolic OH excluding ortho intramolecular Hbond substituents is 1. The number of aromatic hydroxyl groups is 1. The van der Waals surface area contributed by atoms with Crippen LogP contribution < -0.4 is 10.1 Å². The molecule has 0 aliphatic heterocycles. The van der Waals surface area contributed by atoms with Crippen molar-refractivity contribution < 1.29 is 9.84 Å². The van der Waals surface area contributed by atoms with Gasteiger partial charge in [0.2, 0.25) is 5.88 Å². The Morgan fingerprint density at radius 2 is 1.61 bits per heavy atom. The summed E-state index contributed by atoms with van der Waals surface area (Å²) in [6.45, 7) is 0.538. The Kier molecular flexibility index (Phi) is 6.60. The number of methoxy groups -OCH3 is 1. The van der Waals surface area contributed by atoms with Gasteiger partial charge in [-0.3, -0.25) is 0 Å². The number of nitrogens with one attached hydrogen (secondary N) is 1. The Hall–Kier alpha value is -3.63. The van der Waals surface area contributed by atoms with Crippen LogP contribution in [0.4, 0.5) is 0 Å². The SMILES string of the molecule is COc1cccc(-c2ccc(O)c(CN[C@H](Cc3ccccc3)c3ccccc3)c2)n1. The van der Waals surface area contributed by atoms with Crippen LogP contribution in [0, 0.1) is 0 Å². The number of benzene rings is 3. The number of rotatable bonds is 8. The minimum absolute atomic E-state index is 0.126. The average molecular weight is 411 g/mol. The number of phenols is 1. The first-order valence-electron chi connectivity index (χ1n) is 10.4. The monoisotopic (exact) mass is 410 g/mol. The summed E-state index contributed by atoms with van der Waals surface area (Å²) in [4.78, 5) is 4.51. The van der Waals surface area contributed by atoms with Gasteiger partial charge in [0.15, 0.2) is 0 Å². The maximum atomic E-state index is 10.5. The third-order valence-corrected chi connectivity index (χ3v) is 5.33. The van der Waals surface area contributed by atoms with Crippen LogP contribution in [0.1, 0.15) is 22.7 Å². The molecule has 31 heavy (non-hydrogen) atoms. The van der Waals surface area contributed by atoms with E-state index < -0.39 is 0 Å². The lowest BCUT2D eigenvalue weighted by Crippen LogP contribution is -2.23. The van der Waals surface area contributed by atoms with E-state index in [1.807, 2.05) is 42.5 Å². The van der Waals surface area contributed by atoms with Gasteiger partial charge in [-0.2, -0.15) is 0 Å². The van der Waals surface area contributed by atoms with Crippen molar-refractivity contribution in [2.24, 2.45) is 0 Å². The maximum absolute atomic E-state index is 10.5. The zero-order valence-corrected chi connectivity index (χ0v) is 17.5. The van der Waals surface area contributed by atoms with E-state index in [4.69, 9.17) is 4.74 Å². The first kappa shape index (κ1) is 20.6. The second-order valence-electron chi connectivity index (χ2n) is 7.44. The number of pyridine rings is 1. The molecule has 1 aromatic heterocycles. The Balaban J connectivity index is 1.56. The van der Waals surface area contributed by atoms with Crippen LogP contribution >= 0.6 is 0 Å². The molecule has 4 nitrogen and oxygen atoms in total. The van der Waals surface area contributed by atoms with Gasteiger partial charge in [0.05, 0.1) is 12.8 Å². The van der Waals surface area contributed by atoms with E-state index in [9.17, 15) is 5.11 Å². The van der Waals surface area contributed by atoms with Gasteiger partial charge < -0.3 is 15.2 Å². The predicted molar refractivity (Wildman–Crippen MR) is 124 cm³/mol. The molecular formula is C27H26N2O2. The van der Waals surface area contributed by atoms with Gasteiger partial charge in [0.1, 0.15) is 5.75 Å². The van der Waals surface area contributed by atoms with Crippen LogP contribution in [0.5, 0.6) is 11.6 Å². The molecule has 0 radical (unpaired) electrons. The molecule has 0 spiro atoms. The molecule has 1 heterocycles. The first-order chi connectivity index (χ1) is 15.2. The van der Waals surface area contributed by atoms with Gasteiger partial charge in [0.25, 0.3) is 0 Å². The van der Waals surface area contributed by atoms with E-state index >= 15 is 0 Å². The van der Waals surface area contributed by atoms with E-state index in [0.29, 0.717) is 12.4 Å². The third kappa shape index (κ3) is 5.30. The zero-order chi connectivity index (χ0) is 21.5. The third-order valence-electron chi connectivity index (χ3n) is 5.33. The molecule has 4 aromatic rings. The van der Waals surface area contributed by atoms with Crippen molar-refractivity contribution in [3.8, 4) is 22.9 Å². The van der Waals surface area contributed by atoms with Crippen molar-refractivity contribution in [3.05, 3.63) is 114 Å². The number of nitrogens with zero attached hydrogens (tertiary/aromatic N) is 1. The quantitative estimate of drug-likeness (QED) is 0.401. The Morgan fingerprint density at radius 1 is 0.871 bits per heavy atom. The summed E-state index contributed by atoms with van der Waals surface area (Å²) < 4.78 is 5.24. The van der Waals surface area contributed by atoms with Gasteiger partial charge in [-0.25, -0.2) is 4.98 Å². The van der Waals surface area contributed by atoms with Gasteiger partial charge in [-0.05, 0) is 41.8 Å². The minimum atomic E-state index is 0.126. The molecule has 3 aromatic carbocycles. The van der Waals surface area contributed by atoms with Crippen LogP contribution in [0.25, 0.3) is 11.3 Å². The highest BCUT2D eigenvalue weighted by Crippen LogP contribution is 2.27. The predicted octanol–water partition coefficient (Wildman–Crippen LogP) is 5.54. The van der Waals surface area contributed by atoms with Crippen molar-refractivity contribution in [2.45, 2.75) is 19.0 Å². The summed E-state index contributed by atoms with van der Waals surface area (Å²) in [5, 5.41) is 14.1. The molecule has 0 saturated heterocycles. The standard InChI is InChI=1S/C27H26N2O2/c1-31-27-14-8-13-24(29-27)22-15-16-26(30)23(18-22)19-28-25(21-11-6-3-7-12-21)17-20-9-4-2-5-10-20/h2-16,18,25,28,30H,17,19H2,1H3/t25-/m1/s1. The highest BCUT2D eigenvalue weighted by atomic mass is 16.5. The lowest BCUT2D eigenvalue weighted by Gasteiger charge is -2.20. The molecule has 156 valence electrons. The van der Waals surface area contributed by atoms with Crippen molar-refractivity contribution in [1.29, 1.82) is 0 Å². The zero-order valence-electron chi connectivity index (χ0n) is 17.5. The molecule has 0 amide bonds. The van der Waals surface area contributed by atoms with Crippen LogP contribution in [0.2, 0.25) is 0 Å². The number of hydrogen-bond acceptors (Lipinski definition) is 4. The van der Waals surface area contributed by atoms with E-state index in [1.54, 1.807) is 13.2 Å².